The topological polar surface area (TPSA) is 84.3 Å². The minimum atomic E-state index is -1.00. The number of H-pyrrole nitrogens is 1. The minimum absolute atomic E-state index is 0.0154. The Balaban J connectivity index is 1.82. The van der Waals surface area contributed by atoms with Crippen LogP contribution in [0.25, 0.3) is 10.9 Å². The van der Waals surface area contributed by atoms with Crippen LogP contribution < -0.4 is 0 Å². The molecule has 1 aliphatic heterocycles. The van der Waals surface area contributed by atoms with E-state index in [1.807, 2.05) is 62.3 Å². The van der Waals surface area contributed by atoms with Crippen LogP contribution in [0.15, 0.2) is 70.3 Å². The van der Waals surface area contributed by atoms with Crippen LogP contribution in [-0.2, 0) is 4.79 Å². The summed E-state index contributed by atoms with van der Waals surface area (Å²) in [6.45, 7) is 3.19. The standard InChI is InChI=1S/C26H28ClN5O2/c1-26(16-28-15-20(26)25(34)32(4)13-12-31(2)3)30-23(17-8-6-5-7-9-17)22-19-11-10-18(27)14-21(19)29-24(22)33/h5-11,14-16,29,33H,12-13H2,1-4H3. The smallest absolute Gasteiger partial charge is 0.253 e. The molecular weight excluding hydrogens is 450 g/mol. The second-order valence-corrected chi connectivity index (χ2v) is 9.30. The van der Waals surface area contributed by atoms with E-state index in [4.69, 9.17) is 16.6 Å². The van der Waals surface area contributed by atoms with Crippen molar-refractivity contribution in [1.82, 2.24) is 14.8 Å². The normalized spacial score (nSPS) is 18.1. The van der Waals surface area contributed by atoms with Crippen molar-refractivity contribution >= 4 is 40.3 Å². The van der Waals surface area contributed by atoms with Gasteiger partial charge >= 0.3 is 0 Å². The summed E-state index contributed by atoms with van der Waals surface area (Å²) in [6, 6.07) is 15.0. The van der Waals surface area contributed by atoms with Crippen molar-refractivity contribution < 1.29 is 9.90 Å². The fraction of sp³-hybridized carbons (Fsp3) is 0.269. The number of rotatable bonds is 7. The van der Waals surface area contributed by atoms with Gasteiger partial charge in [0, 0.05) is 48.5 Å². The summed E-state index contributed by atoms with van der Waals surface area (Å²) in [5, 5.41) is 12.2. The molecule has 1 amide bonds. The van der Waals surface area contributed by atoms with Crippen LogP contribution in [0.3, 0.4) is 0 Å². The van der Waals surface area contributed by atoms with E-state index in [2.05, 4.69) is 9.98 Å². The van der Waals surface area contributed by atoms with E-state index in [1.54, 1.807) is 36.5 Å². The molecule has 176 valence electrons. The third kappa shape index (κ3) is 4.62. The van der Waals surface area contributed by atoms with Crippen LogP contribution in [0.1, 0.15) is 18.1 Å². The Morgan fingerprint density at radius 1 is 1.15 bits per heavy atom. The van der Waals surface area contributed by atoms with Gasteiger partial charge < -0.3 is 19.9 Å². The molecule has 1 aromatic heterocycles. The molecule has 0 bridgehead atoms. The molecule has 2 heterocycles. The van der Waals surface area contributed by atoms with Gasteiger partial charge in [0.15, 0.2) is 5.88 Å². The average molecular weight is 478 g/mol. The Bertz CT molecular complexity index is 1310. The number of hydrogen-bond acceptors (Lipinski definition) is 5. The zero-order valence-corrected chi connectivity index (χ0v) is 20.5. The van der Waals surface area contributed by atoms with E-state index in [1.165, 1.54) is 0 Å². The minimum Gasteiger partial charge on any atom is -0.494 e. The molecule has 0 saturated heterocycles. The van der Waals surface area contributed by atoms with Gasteiger partial charge in [-0.2, -0.15) is 0 Å². The van der Waals surface area contributed by atoms with Crippen LogP contribution >= 0.6 is 11.6 Å². The summed E-state index contributed by atoms with van der Waals surface area (Å²) < 4.78 is 0. The first-order valence-electron chi connectivity index (χ1n) is 11.0. The highest BCUT2D eigenvalue weighted by molar-refractivity contribution is 6.31. The molecule has 0 aliphatic carbocycles. The molecule has 34 heavy (non-hydrogen) atoms. The number of fused-ring (bicyclic) bond motifs is 1. The maximum absolute atomic E-state index is 13.3. The Morgan fingerprint density at radius 3 is 2.59 bits per heavy atom. The summed E-state index contributed by atoms with van der Waals surface area (Å²) in [4.78, 5) is 29.4. The van der Waals surface area contributed by atoms with Gasteiger partial charge in [0.1, 0.15) is 5.54 Å². The number of carbonyl (C=O) groups is 1. The van der Waals surface area contributed by atoms with Gasteiger partial charge in [-0.25, -0.2) is 0 Å². The average Bonchev–Trinajstić information content (AvgIpc) is 3.34. The first-order chi connectivity index (χ1) is 16.2. The summed E-state index contributed by atoms with van der Waals surface area (Å²) in [6.07, 6.45) is 3.25. The Labute approximate surface area is 204 Å². The molecule has 1 aliphatic rings. The van der Waals surface area contributed by atoms with Crippen molar-refractivity contribution in [3.05, 3.63) is 76.5 Å². The number of aromatic amines is 1. The monoisotopic (exact) mass is 477 g/mol. The lowest BCUT2D eigenvalue weighted by Crippen LogP contribution is -2.40. The summed E-state index contributed by atoms with van der Waals surface area (Å²) in [5.41, 5.74) is 2.08. The van der Waals surface area contributed by atoms with Crippen LogP contribution in [-0.4, -0.2) is 77.5 Å². The van der Waals surface area contributed by atoms with Crippen LogP contribution in [0.4, 0.5) is 0 Å². The number of benzene rings is 2. The number of nitrogens with one attached hydrogen (secondary N) is 1. The van der Waals surface area contributed by atoms with Gasteiger partial charge in [-0.1, -0.05) is 48.0 Å². The van der Waals surface area contributed by atoms with E-state index in [-0.39, 0.29) is 11.8 Å². The fourth-order valence-corrected chi connectivity index (χ4v) is 4.14. The SMILES string of the molecule is CN(C)CCN(C)C(=O)C1=CN=CC1(C)N=C(c1ccccc1)c1c(O)[nH]c2cc(Cl)ccc12. The number of hydrogen-bond donors (Lipinski definition) is 2. The van der Waals surface area contributed by atoms with Crippen LogP contribution in [0.5, 0.6) is 5.88 Å². The Morgan fingerprint density at radius 2 is 1.88 bits per heavy atom. The number of likely N-dealkylation sites (N-methyl/N-ethyl adjacent to an activating group) is 2. The zero-order chi connectivity index (χ0) is 24.5. The maximum atomic E-state index is 13.3. The van der Waals surface area contributed by atoms with Crippen molar-refractivity contribution in [3.8, 4) is 5.88 Å². The third-order valence-corrected chi connectivity index (χ3v) is 6.14. The summed E-state index contributed by atoms with van der Waals surface area (Å²) in [5.74, 6) is -0.147. The Kier molecular flexibility index (Phi) is 6.59. The number of aromatic nitrogens is 1. The molecule has 4 rings (SSSR count). The molecule has 8 heteroatoms. The lowest BCUT2D eigenvalue weighted by Gasteiger charge is -2.26. The lowest BCUT2D eigenvalue weighted by atomic mass is 9.92. The van der Waals surface area contributed by atoms with Crippen molar-refractivity contribution in [2.75, 3.05) is 34.2 Å². The molecule has 1 atom stereocenters. The molecular formula is C26H28ClN5O2. The maximum Gasteiger partial charge on any atom is 0.253 e. The highest BCUT2D eigenvalue weighted by Gasteiger charge is 2.37. The largest absolute Gasteiger partial charge is 0.494 e. The molecule has 2 aromatic carbocycles. The van der Waals surface area contributed by atoms with Crippen molar-refractivity contribution in [3.63, 3.8) is 0 Å². The number of carbonyl (C=O) groups excluding carboxylic acids is 1. The highest BCUT2D eigenvalue weighted by Crippen LogP contribution is 2.34. The summed E-state index contributed by atoms with van der Waals surface area (Å²) in [7, 11) is 5.72. The van der Waals surface area contributed by atoms with Gasteiger partial charge in [-0.15, -0.1) is 0 Å². The van der Waals surface area contributed by atoms with Gasteiger partial charge in [-0.3, -0.25) is 14.8 Å². The lowest BCUT2D eigenvalue weighted by molar-refractivity contribution is -0.126. The number of nitrogens with zero attached hydrogens (tertiary/aromatic N) is 4. The van der Waals surface area contributed by atoms with Gasteiger partial charge in [0.25, 0.3) is 5.91 Å². The van der Waals surface area contributed by atoms with E-state index in [9.17, 15) is 9.90 Å². The number of aromatic hydroxyl groups is 1. The van der Waals surface area contributed by atoms with E-state index in [0.717, 1.165) is 17.5 Å². The molecule has 0 spiro atoms. The predicted molar refractivity (Wildman–Crippen MR) is 138 cm³/mol. The predicted octanol–water partition coefficient (Wildman–Crippen LogP) is 4.11. The highest BCUT2D eigenvalue weighted by atomic mass is 35.5. The quantitative estimate of drug-likeness (QED) is 0.502. The van der Waals surface area contributed by atoms with Gasteiger partial charge in [0.05, 0.1) is 22.4 Å². The molecule has 0 radical (unpaired) electrons. The second-order valence-electron chi connectivity index (χ2n) is 8.86. The molecule has 7 nitrogen and oxygen atoms in total. The van der Waals surface area contributed by atoms with E-state index < -0.39 is 5.54 Å². The first-order valence-corrected chi connectivity index (χ1v) is 11.4. The number of halogens is 1. The van der Waals surface area contributed by atoms with Crippen molar-refractivity contribution in [1.29, 1.82) is 0 Å². The molecule has 1 unspecified atom stereocenters. The van der Waals surface area contributed by atoms with Gasteiger partial charge in [-0.05, 0) is 33.2 Å². The van der Waals surface area contributed by atoms with E-state index >= 15 is 0 Å². The fourth-order valence-electron chi connectivity index (χ4n) is 3.96. The number of amides is 1. The Hall–Kier alpha value is -3.42. The summed E-state index contributed by atoms with van der Waals surface area (Å²) >= 11 is 6.16. The van der Waals surface area contributed by atoms with Crippen molar-refractivity contribution in [2.45, 2.75) is 12.5 Å². The molecule has 0 fully saturated rings. The zero-order valence-electron chi connectivity index (χ0n) is 19.7. The molecule has 3 aromatic rings. The van der Waals surface area contributed by atoms with Crippen LogP contribution in [0.2, 0.25) is 5.02 Å². The first kappa shape index (κ1) is 23.7. The van der Waals surface area contributed by atoms with Crippen LogP contribution in [0, 0.1) is 0 Å². The molecule has 0 saturated carbocycles. The number of aliphatic imine (C=N–C) groups is 2. The molecule has 2 N–H and O–H groups in total. The second kappa shape index (κ2) is 9.44. The van der Waals surface area contributed by atoms with Gasteiger partial charge in [0.2, 0.25) is 0 Å². The third-order valence-electron chi connectivity index (χ3n) is 5.90. The van der Waals surface area contributed by atoms with E-state index in [0.29, 0.717) is 33.9 Å². The van der Waals surface area contributed by atoms with Crippen molar-refractivity contribution in [2.24, 2.45) is 9.98 Å².